The third-order valence-electron chi connectivity index (χ3n) is 4.47. The Morgan fingerprint density at radius 1 is 1.10 bits per heavy atom. The Hall–Kier alpha value is -3.78. The minimum atomic E-state index is -0.993. The van der Waals surface area contributed by atoms with E-state index in [-0.39, 0.29) is 17.2 Å². The van der Waals surface area contributed by atoms with Crippen LogP contribution in [0.3, 0.4) is 0 Å². The lowest BCUT2D eigenvalue weighted by atomic mass is 10.1. The molecule has 8 heteroatoms. The fourth-order valence-electron chi connectivity index (χ4n) is 3.18. The van der Waals surface area contributed by atoms with Gasteiger partial charge in [0.25, 0.3) is 0 Å². The van der Waals surface area contributed by atoms with E-state index >= 15 is 0 Å². The topological polar surface area (TPSA) is 101 Å². The molecule has 0 bridgehead atoms. The summed E-state index contributed by atoms with van der Waals surface area (Å²) in [6, 6.07) is 14.2. The number of hydrogen-bond donors (Lipinski definition) is 2. The van der Waals surface area contributed by atoms with Gasteiger partial charge in [0.2, 0.25) is 5.91 Å². The zero-order chi connectivity index (χ0) is 22.0. The first-order valence-electron chi connectivity index (χ1n) is 9.51. The van der Waals surface area contributed by atoms with Crippen LogP contribution in [-0.2, 0) is 11.2 Å². The maximum atomic E-state index is 12.3. The van der Waals surface area contributed by atoms with Gasteiger partial charge in [0.1, 0.15) is 22.2 Å². The maximum absolute atomic E-state index is 12.3. The number of amides is 1. The number of fused-ring (bicyclic) bond motifs is 1. The predicted molar refractivity (Wildman–Crippen MR) is 119 cm³/mol. The molecule has 4 rings (SSSR count). The number of nitrogens with zero attached hydrogens (tertiary/aromatic N) is 2. The molecule has 0 atom stereocenters. The normalized spacial score (nSPS) is 10.8. The van der Waals surface area contributed by atoms with Crippen LogP contribution < -0.4 is 10.1 Å². The first-order chi connectivity index (χ1) is 14.9. The Morgan fingerprint density at radius 2 is 1.87 bits per heavy atom. The van der Waals surface area contributed by atoms with Gasteiger partial charge in [-0.1, -0.05) is 12.1 Å². The molecule has 156 valence electrons. The number of nitrogens with one attached hydrogen (secondary N) is 1. The maximum Gasteiger partial charge on any atom is 0.345 e. The second kappa shape index (κ2) is 8.53. The summed E-state index contributed by atoms with van der Waals surface area (Å²) in [5.41, 5.74) is 3.30. The van der Waals surface area contributed by atoms with E-state index in [9.17, 15) is 14.7 Å². The van der Waals surface area contributed by atoms with Crippen LogP contribution in [0.15, 0.2) is 54.7 Å². The predicted octanol–water partition coefficient (Wildman–Crippen LogP) is 4.98. The molecule has 3 heterocycles. The zero-order valence-corrected chi connectivity index (χ0v) is 17.7. The average molecular weight is 433 g/mol. The third kappa shape index (κ3) is 4.87. The highest BCUT2D eigenvalue weighted by molar-refractivity contribution is 7.21. The van der Waals surface area contributed by atoms with Crippen LogP contribution in [0.1, 0.15) is 26.5 Å². The fourth-order valence-corrected chi connectivity index (χ4v) is 4.08. The van der Waals surface area contributed by atoms with Crippen LogP contribution in [0.5, 0.6) is 11.5 Å². The number of hydrogen-bond acceptors (Lipinski definition) is 6. The molecule has 1 aromatic carbocycles. The van der Waals surface area contributed by atoms with Crippen molar-refractivity contribution in [2.45, 2.75) is 20.3 Å². The number of carbonyl (C=O) groups is 2. The Kier molecular flexibility index (Phi) is 5.64. The lowest BCUT2D eigenvalue weighted by Crippen LogP contribution is -2.15. The molecule has 2 N–H and O–H groups in total. The molecule has 1 amide bonds. The van der Waals surface area contributed by atoms with E-state index in [1.165, 1.54) is 6.07 Å². The van der Waals surface area contributed by atoms with Crippen LogP contribution in [0.4, 0.5) is 5.82 Å². The van der Waals surface area contributed by atoms with Gasteiger partial charge in [-0.2, -0.15) is 0 Å². The summed E-state index contributed by atoms with van der Waals surface area (Å²) in [4.78, 5) is 32.3. The summed E-state index contributed by atoms with van der Waals surface area (Å²) in [5.74, 6) is 0.516. The van der Waals surface area contributed by atoms with Gasteiger partial charge in [-0.25, -0.2) is 9.78 Å². The van der Waals surface area contributed by atoms with Gasteiger partial charge in [0.15, 0.2) is 0 Å². The molecule has 0 saturated heterocycles. The summed E-state index contributed by atoms with van der Waals surface area (Å²) >= 11 is 1.12. The largest absolute Gasteiger partial charge is 0.477 e. The van der Waals surface area contributed by atoms with Crippen molar-refractivity contribution < 1.29 is 19.4 Å². The number of carbonyl (C=O) groups excluding carboxylic acids is 1. The first kappa shape index (κ1) is 20.5. The number of benzene rings is 1. The Morgan fingerprint density at radius 3 is 2.58 bits per heavy atom. The van der Waals surface area contributed by atoms with E-state index in [1.54, 1.807) is 24.4 Å². The molecule has 0 aliphatic heterocycles. The van der Waals surface area contributed by atoms with E-state index in [4.69, 9.17) is 4.74 Å². The van der Waals surface area contributed by atoms with Crippen molar-refractivity contribution in [2.24, 2.45) is 0 Å². The third-order valence-corrected chi connectivity index (χ3v) is 5.59. The molecule has 0 radical (unpaired) electrons. The van der Waals surface area contributed by atoms with Gasteiger partial charge in [0.05, 0.1) is 16.6 Å². The molecule has 0 unspecified atom stereocenters. The van der Waals surface area contributed by atoms with Gasteiger partial charge < -0.3 is 15.2 Å². The monoisotopic (exact) mass is 433 g/mol. The van der Waals surface area contributed by atoms with E-state index in [1.807, 2.05) is 38.1 Å². The van der Waals surface area contributed by atoms with Crippen molar-refractivity contribution in [3.05, 3.63) is 76.4 Å². The zero-order valence-electron chi connectivity index (χ0n) is 16.9. The van der Waals surface area contributed by atoms with Gasteiger partial charge >= 0.3 is 5.97 Å². The van der Waals surface area contributed by atoms with E-state index in [0.29, 0.717) is 27.5 Å². The smallest absolute Gasteiger partial charge is 0.345 e. The van der Waals surface area contributed by atoms with Gasteiger partial charge in [-0.3, -0.25) is 9.78 Å². The van der Waals surface area contributed by atoms with Crippen LogP contribution in [0.25, 0.3) is 10.2 Å². The van der Waals surface area contributed by atoms with Crippen LogP contribution in [-0.4, -0.2) is 27.0 Å². The summed E-state index contributed by atoms with van der Waals surface area (Å²) in [6.07, 6.45) is 1.79. The van der Waals surface area contributed by atoms with Crippen molar-refractivity contribution in [3.8, 4) is 11.5 Å². The Labute approximate surface area is 182 Å². The first-order valence-corrected chi connectivity index (χ1v) is 10.3. The standard InChI is InChI=1S/C23H19N3O4S/c1-13-9-14(2)25-20(10-13)26-21(27)11-15-3-5-16(6-4-15)30-18-7-8-24-17-12-19(23(28)29)31-22(17)18/h3-10,12H,11H2,1-2H3,(H,28,29)(H,25,26,27). The molecule has 7 nitrogen and oxygen atoms in total. The van der Waals surface area contributed by atoms with Crippen molar-refractivity contribution in [1.82, 2.24) is 9.97 Å². The molecule has 0 saturated carbocycles. The van der Waals surface area contributed by atoms with Crippen molar-refractivity contribution in [2.75, 3.05) is 5.32 Å². The van der Waals surface area contributed by atoms with Gasteiger partial charge in [-0.05, 0) is 55.3 Å². The van der Waals surface area contributed by atoms with E-state index in [2.05, 4.69) is 15.3 Å². The second-order valence-electron chi connectivity index (χ2n) is 7.08. The molecular weight excluding hydrogens is 414 g/mol. The van der Waals surface area contributed by atoms with Crippen molar-refractivity contribution >= 4 is 39.2 Å². The molecule has 0 aliphatic carbocycles. The molecular formula is C23H19N3O4S. The number of carboxylic acid groups (broad SMARTS) is 1. The number of aryl methyl sites for hydroxylation is 2. The lowest BCUT2D eigenvalue weighted by molar-refractivity contribution is -0.115. The van der Waals surface area contributed by atoms with Gasteiger partial charge in [-0.15, -0.1) is 11.3 Å². The molecule has 31 heavy (non-hydrogen) atoms. The number of carboxylic acids is 1. The summed E-state index contributed by atoms with van der Waals surface area (Å²) in [6.45, 7) is 3.84. The van der Waals surface area contributed by atoms with Crippen LogP contribution in [0.2, 0.25) is 0 Å². The SMILES string of the molecule is Cc1cc(C)nc(NC(=O)Cc2ccc(Oc3ccnc4cc(C(=O)O)sc34)cc2)c1. The minimum Gasteiger partial charge on any atom is -0.477 e. The molecule has 3 aromatic heterocycles. The number of rotatable bonds is 6. The number of anilines is 1. The van der Waals surface area contributed by atoms with Crippen molar-refractivity contribution in [3.63, 3.8) is 0 Å². The number of pyridine rings is 2. The molecule has 0 aliphatic rings. The number of ether oxygens (including phenoxy) is 1. The lowest BCUT2D eigenvalue weighted by Gasteiger charge is -2.09. The second-order valence-corrected chi connectivity index (χ2v) is 8.13. The van der Waals surface area contributed by atoms with Crippen LogP contribution in [0, 0.1) is 13.8 Å². The van der Waals surface area contributed by atoms with E-state index in [0.717, 1.165) is 28.2 Å². The average Bonchev–Trinajstić information content (AvgIpc) is 3.14. The Balaban J connectivity index is 1.44. The summed E-state index contributed by atoms with van der Waals surface area (Å²) in [5, 5.41) is 12.0. The molecule has 0 fully saturated rings. The fraction of sp³-hybridized carbons (Fsp3) is 0.130. The molecule has 0 spiro atoms. The quantitative estimate of drug-likeness (QED) is 0.445. The minimum absolute atomic E-state index is 0.151. The highest BCUT2D eigenvalue weighted by Gasteiger charge is 2.13. The summed E-state index contributed by atoms with van der Waals surface area (Å²) in [7, 11) is 0. The van der Waals surface area contributed by atoms with Gasteiger partial charge in [0, 0.05) is 18.0 Å². The van der Waals surface area contributed by atoms with E-state index < -0.39 is 5.97 Å². The number of thiophene rings is 1. The Bertz CT molecular complexity index is 1260. The van der Waals surface area contributed by atoms with Crippen LogP contribution >= 0.6 is 11.3 Å². The van der Waals surface area contributed by atoms with Crippen molar-refractivity contribution in [1.29, 1.82) is 0 Å². The number of aromatic nitrogens is 2. The highest BCUT2D eigenvalue weighted by Crippen LogP contribution is 2.34. The highest BCUT2D eigenvalue weighted by atomic mass is 32.1. The molecule has 4 aromatic rings. The summed E-state index contributed by atoms with van der Waals surface area (Å²) < 4.78 is 6.60. The number of aromatic carboxylic acids is 1.